The highest BCUT2D eigenvalue weighted by Crippen LogP contribution is 2.15. The molecule has 1 atom stereocenters. The molecule has 0 aromatic carbocycles. The largest absolute Gasteiger partial charge is 0.481 e. The first kappa shape index (κ1) is 14.8. The lowest BCUT2D eigenvalue weighted by Gasteiger charge is -2.16. The summed E-state index contributed by atoms with van der Waals surface area (Å²) in [6.07, 6.45) is 0.534. The van der Waals surface area contributed by atoms with Crippen LogP contribution in [0.5, 0.6) is 0 Å². The van der Waals surface area contributed by atoms with E-state index < -0.39 is 11.9 Å². The standard InChI is InChI=1S/C12H22N2O4/c1-9(2)8-18-6-4-13-12(17)14-5-3-10(7-14)11(15)16/h9-10H,3-8H2,1-2H3,(H,13,17)(H,15,16). The lowest BCUT2D eigenvalue weighted by Crippen LogP contribution is -2.40. The van der Waals surface area contributed by atoms with Crippen LogP contribution >= 0.6 is 0 Å². The van der Waals surface area contributed by atoms with E-state index in [1.807, 2.05) is 0 Å². The second kappa shape index (κ2) is 7.20. The minimum absolute atomic E-state index is 0.202. The molecule has 6 heteroatoms. The van der Waals surface area contributed by atoms with Gasteiger partial charge in [0.15, 0.2) is 0 Å². The van der Waals surface area contributed by atoms with Crippen LogP contribution in [0.25, 0.3) is 0 Å². The number of ether oxygens (including phenoxy) is 1. The second-order valence-electron chi connectivity index (χ2n) is 4.97. The van der Waals surface area contributed by atoms with Gasteiger partial charge in [0.05, 0.1) is 12.5 Å². The predicted octanol–water partition coefficient (Wildman–Crippen LogP) is 0.775. The third kappa shape index (κ3) is 4.91. The van der Waals surface area contributed by atoms with E-state index in [1.165, 1.54) is 0 Å². The summed E-state index contributed by atoms with van der Waals surface area (Å²) >= 11 is 0. The van der Waals surface area contributed by atoms with Crippen LogP contribution in [-0.4, -0.2) is 54.9 Å². The fourth-order valence-electron chi connectivity index (χ4n) is 1.81. The molecule has 0 bridgehead atoms. The summed E-state index contributed by atoms with van der Waals surface area (Å²) in [4.78, 5) is 24.0. The number of carbonyl (C=O) groups excluding carboxylic acids is 1. The number of carbonyl (C=O) groups is 2. The fraction of sp³-hybridized carbons (Fsp3) is 0.833. The zero-order valence-electron chi connectivity index (χ0n) is 11.0. The van der Waals surface area contributed by atoms with Gasteiger partial charge in [-0.1, -0.05) is 13.8 Å². The second-order valence-corrected chi connectivity index (χ2v) is 4.97. The average Bonchev–Trinajstić information content (AvgIpc) is 2.77. The molecule has 6 nitrogen and oxygen atoms in total. The van der Waals surface area contributed by atoms with Crippen molar-refractivity contribution in [2.24, 2.45) is 11.8 Å². The van der Waals surface area contributed by atoms with Gasteiger partial charge < -0.3 is 20.1 Å². The van der Waals surface area contributed by atoms with E-state index in [2.05, 4.69) is 19.2 Å². The van der Waals surface area contributed by atoms with Gasteiger partial charge >= 0.3 is 12.0 Å². The van der Waals surface area contributed by atoms with Crippen LogP contribution in [0.4, 0.5) is 4.79 Å². The van der Waals surface area contributed by atoms with Crippen LogP contribution < -0.4 is 5.32 Å². The minimum atomic E-state index is -0.828. The number of amides is 2. The Kier molecular flexibility index (Phi) is 5.91. The van der Waals surface area contributed by atoms with Gasteiger partial charge in [-0.15, -0.1) is 0 Å². The van der Waals surface area contributed by atoms with Gasteiger partial charge in [0.1, 0.15) is 0 Å². The van der Waals surface area contributed by atoms with Crippen molar-refractivity contribution in [3.05, 3.63) is 0 Å². The summed E-state index contributed by atoms with van der Waals surface area (Å²) < 4.78 is 5.34. The van der Waals surface area contributed by atoms with E-state index in [9.17, 15) is 9.59 Å². The summed E-state index contributed by atoms with van der Waals surface area (Å²) in [5.41, 5.74) is 0. The first-order chi connectivity index (χ1) is 8.50. The molecule has 0 aromatic rings. The Hall–Kier alpha value is -1.30. The Morgan fingerprint density at radius 3 is 2.78 bits per heavy atom. The van der Waals surface area contributed by atoms with E-state index in [-0.39, 0.29) is 6.03 Å². The van der Waals surface area contributed by atoms with Crippen molar-refractivity contribution in [3.8, 4) is 0 Å². The Labute approximate surface area is 107 Å². The first-order valence-electron chi connectivity index (χ1n) is 6.34. The maximum Gasteiger partial charge on any atom is 0.317 e. The van der Waals surface area contributed by atoms with Crippen molar-refractivity contribution >= 4 is 12.0 Å². The van der Waals surface area contributed by atoms with E-state index in [0.717, 1.165) is 0 Å². The highest BCUT2D eigenvalue weighted by molar-refractivity contribution is 5.77. The average molecular weight is 258 g/mol. The number of urea groups is 1. The van der Waals surface area contributed by atoms with E-state index in [4.69, 9.17) is 9.84 Å². The summed E-state index contributed by atoms with van der Waals surface area (Å²) in [6.45, 7) is 6.56. The molecule has 18 heavy (non-hydrogen) atoms. The molecule has 104 valence electrons. The lowest BCUT2D eigenvalue weighted by molar-refractivity contribution is -0.141. The lowest BCUT2D eigenvalue weighted by atomic mass is 10.1. The molecule has 1 aliphatic rings. The number of nitrogens with one attached hydrogen (secondary N) is 1. The van der Waals surface area contributed by atoms with Gasteiger partial charge in [-0.3, -0.25) is 4.79 Å². The van der Waals surface area contributed by atoms with Crippen LogP contribution in [0.15, 0.2) is 0 Å². The quantitative estimate of drug-likeness (QED) is 0.690. The molecule has 1 rings (SSSR count). The topological polar surface area (TPSA) is 78.9 Å². The Bertz CT molecular complexity index is 294. The van der Waals surface area contributed by atoms with Gasteiger partial charge in [0.25, 0.3) is 0 Å². The normalized spacial score (nSPS) is 19.3. The molecule has 0 aromatic heterocycles. The SMILES string of the molecule is CC(C)COCCNC(=O)N1CCC(C(=O)O)C1. The maximum absolute atomic E-state index is 11.7. The highest BCUT2D eigenvalue weighted by Gasteiger charge is 2.30. The van der Waals surface area contributed by atoms with Gasteiger partial charge in [-0.25, -0.2) is 4.79 Å². The highest BCUT2D eigenvalue weighted by atomic mass is 16.5. The molecule has 1 aliphatic heterocycles. The molecule has 0 spiro atoms. The van der Waals surface area contributed by atoms with Gasteiger partial charge in [0, 0.05) is 26.2 Å². The number of carboxylic acids is 1. The number of hydrogen-bond donors (Lipinski definition) is 2. The number of nitrogens with zero attached hydrogens (tertiary/aromatic N) is 1. The minimum Gasteiger partial charge on any atom is -0.481 e. The Balaban J connectivity index is 2.12. The monoisotopic (exact) mass is 258 g/mol. The maximum atomic E-state index is 11.7. The molecule has 2 N–H and O–H groups in total. The molecule has 1 unspecified atom stereocenters. The van der Waals surface area contributed by atoms with E-state index in [1.54, 1.807) is 4.90 Å². The summed E-state index contributed by atoms with van der Waals surface area (Å²) in [5.74, 6) is -0.769. The van der Waals surface area contributed by atoms with Crippen molar-refractivity contribution in [1.82, 2.24) is 10.2 Å². The zero-order valence-corrected chi connectivity index (χ0v) is 11.0. The van der Waals surface area contributed by atoms with Crippen molar-refractivity contribution in [2.75, 3.05) is 32.8 Å². The van der Waals surface area contributed by atoms with Crippen LogP contribution in [0.2, 0.25) is 0 Å². The van der Waals surface area contributed by atoms with Crippen LogP contribution in [0.3, 0.4) is 0 Å². The van der Waals surface area contributed by atoms with Crippen molar-refractivity contribution in [3.63, 3.8) is 0 Å². The van der Waals surface area contributed by atoms with Gasteiger partial charge in [-0.2, -0.15) is 0 Å². The van der Waals surface area contributed by atoms with Crippen LogP contribution in [0.1, 0.15) is 20.3 Å². The smallest absolute Gasteiger partial charge is 0.317 e. The number of aliphatic carboxylic acids is 1. The molecule has 1 heterocycles. The number of carboxylic acid groups (broad SMARTS) is 1. The first-order valence-corrected chi connectivity index (χ1v) is 6.34. The van der Waals surface area contributed by atoms with Crippen molar-refractivity contribution in [1.29, 1.82) is 0 Å². The van der Waals surface area contributed by atoms with Crippen molar-refractivity contribution in [2.45, 2.75) is 20.3 Å². The molecule has 1 saturated heterocycles. The van der Waals surface area contributed by atoms with Crippen LogP contribution in [0, 0.1) is 11.8 Å². The van der Waals surface area contributed by atoms with Crippen LogP contribution in [-0.2, 0) is 9.53 Å². The van der Waals surface area contributed by atoms with E-state index >= 15 is 0 Å². The van der Waals surface area contributed by atoms with Gasteiger partial charge in [0.2, 0.25) is 0 Å². The summed E-state index contributed by atoms with van der Waals surface area (Å²) in [6, 6.07) is -0.202. The molecule has 2 amide bonds. The number of rotatable bonds is 6. The Morgan fingerprint density at radius 1 is 1.50 bits per heavy atom. The summed E-state index contributed by atoms with van der Waals surface area (Å²) in [7, 11) is 0. The third-order valence-electron chi connectivity index (χ3n) is 2.80. The molecule has 0 aliphatic carbocycles. The summed E-state index contributed by atoms with van der Waals surface area (Å²) in [5, 5.41) is 11.6. The van der Waals surface area contributed by atoms with Crippen molar-refractivity contribution < 1.29 is 19.4 Å². The fourth-order valence-corrected chi connectivity index (χ4v) is 1.81. The number of hydrogen-bond acceptors (Lipinski definition) is 3. The molecule has 0 radical (unpaired) electrons. The predicted molar refractivity (Wildman–Crippen MR) is 66.4 cm³/mol. The third-order valence-corrected chi connectivity index (χ3v) is 2.80. The Morgan fingerprint density at radius 2 is 2.22 bits per heavy atom. The molecule has 0 saturated carbocycles. The van der Waals surface area contributed by atoms with E-state index in [0.29, 0.717) is 45.2 Å². The number of likely N-dealkylation sites (tertiary alicyclic amines) is 1. The molecule has 1 fully saturated rings. The molecular formula is C12H22N2O4. The zero-order chi connectivity index (χ0) is 13.5. The van der Waals surface area contributed by atoms with Gasteiger partial charge in [-0.05, 0) is 12.3 Å². The molecular weight excluding hydrogens is 236 g/mol.